The van der Waals surface area contributed by atoms with Crippen LogP contribution in [0.15, 0.2) is 255 Å². The van der Waals surface area contributed by atoms with Gasteiger partial charge >= 0.3 is 0 Å². The second-order valence-electron chi connectivity index (χ2n) is 17.6. The molecule has 306 valence electrons. The summed E-state index contributed by atoms with van der Waals surface area (Å²) in [5, 5.41) is 14.9. The van der Waals surface area contributed by atoms with Gasteiger partial charge in [0.25, 0.3) is 0 Å². The van der Waals surface area contributed by atoms with Gasteiger partial charge in [-0.1, -0.05) is 218 Å². The Bertz CT molecular complexity index is 3780. The number of benzene rings is 13. The van der Waals surface area contributed by atoms with E-state index in [1.165, 1.54) is 131 Å². The first-order valence-electron chi connectivity index (χ1n) is 22.9. The maximum Gasteiger partial charge on any atom is -0.00259 e. The summed E-state index contributed by atoms with van der Waals surface area (Å²) in [6.45, 7) is 0. The monoisotopic (exact) mass is 834 g/mol. The van der Waals surface area contributed by atoms with Crippen molar-refractivity contribution in [3.8, 4) is 66.8 Å². The molecule has 0 saturated carbocycles. The number of rotatable bonds is 6. The van der Waals surface area contributed by atoms with Gasteiger partial charge in [0, 0.05) is 0 Å². The highest BCUT2D eigenvalue weighted by Gasteiger charge is 2.20. The molecular weight excluding hydrogens is 793 g/mol. The topological polar surface area (TPSA) is 0 Å². The maximum absolute atomic E-state index is 2.46. The fraction of sp³-hybridized carbons (Fsp3) is 0. The van der Waals surface area contributed by atoms with Crippen molar-refractivity contribution in [1.29, 1.82) is 0 Å². The third-order valence-corrected chi connectivity index (χ3v) is 13.8. The summed E-state index contributed by atoms with van der Waals surface area (Å²) in [6, 6.07) is 94.6. The zero-order chi connectivity index (χ0) is 43.6. The lowest BCUT2D eigenvalue weighted by atomic mass is 9.82. The zero-order valence-electron chi connectivity index (χ0n) is 36.2. The predicted molar refractivity (Wildman–Crippen MR) is 284 cm³/mol. The van der Waals surface area contributed by atoms with Gasteiger partial charge < -0.3 is 0 Å². The molecule has 0 bridgehead atoms. The zero-order valence-corrected chi connectivity index (χ0v) is 36.2. The molecule has 0 N–H and O–H groups in total. The third-order valence-electron chi connectivity index (χ3n) is 13.8. The number of fused-ring (bicyclic) bond motifs is 6. The summed E-state index contributed by atoms with van der Waals surface area (Å²) >= 11 is 0. The van der Waals surface area contributed by atoms with Crippen molar-refractivity contribution >= 4 is 64.6 Å². The molecule has 0 fully saturated rings. The van der Waals surface area contributed by atoms with Crippen molar-refractivity contribution in [2.45, 2.75) is 0 Å². The first-order chi connectivity index (χ1) is 32.7. The number of hydrogen-bond acceptors (Lipinski definition) is 0. The Balaban J connectivity index is 1.12. The molecule has 0 nitrogen and oxygen atoms in total. The van der Waals surface area contributed by atoms with Crippen molar-refractivity contribution < 1.29 is 0 Å². The van der Waals surface area contributed by atoms with E-state index in [4.69, 9.17) is 0 Å². The van der Waals surface area contributed by atoms with Crippen LogP contribution < -0.4 is 0 Å². The number of hydrogen-bond donors (Lipinski definition) is 0. The van der Waals surface area contributed by atoms with Gasteiger partial charge in [-0.25, -0.2) is 0 Å². The largest absolute Gasteiger partial charge is 0.0616 e. The molecule has 13 rings (SSSR count). The van der Waals surface area contributed by atoms with Crippen LogP contribution in [0.1, 0.15) is 0 Å². The molecule has 0 aliphatic rings. The third kappa shape index (κ3) is 6.46. The lowest BCUT2D eigenvalue weighted by Crippen LogP contribution is -1.94. The SMILES string of the molecule is c1cc(-c2ccc3ccccc3c2)cc(-c2c3ccc(-c4cccc5ccccc45)cc3c(-c3cccc(-c4ccc5ccccc5c4)c3)c3ccc(-c4cccc5ccccc45)cc23)c1. The molecule has 0 unspecified atom stereocenters. The molecule has 0 aromatic heterocycles. The van der Waals surface area contributed by atoms with Crippen molar-refractivity contribution in [1.82, 2.24) is 0 Å². The second-order valence-corrected chi connectivity index (χ2v) is 17.6. The average Bonchev–Trinajstić information content (AvgIpc) is 3.39. The minimum Gasteiger partial charge on any atom is -0.0616 e. The summed E-state index contributed by atoms with van der Waals surface area (Å²) in [6.07, 6.45) is 0. The Morgan fingerprint density at radius 3 is 0.970 bits per heavy atom. The fourth-order valence-corrected chi connectivity index (χ4v) is 10.6. The van der Waals surface area contributed by atoms with Crippen LogP contribution in [0.5, 0.6) is 0 Å². The fourth-order valence-electron chi connectivity index (χ4n) is 10.6. The maximum atomic E-state index is 2.46. The second kappa shape index (κ2) is 15.6. The van der Waals surface area contributed by atoms with Gasteiger partial charge in [-0.3, -0.25) is 0 Å². The molecule has 0 heterocycles. The predicted octanol–water partition coefficient (Wildman–Crippen LogP) is 18.6. The summed E-state index contributed by atoms with van der Waals surface area (Å²) in [7, 11) is 0. The Kier molecular flexibility index (Phi) is 8.96. The van der Waals surface area contributed by atoms with Crippen LogP contribution in [0.4, 0.5) is 0 Å². The molecule has 0 radical (unpaired) electrons. The molecule has 13 aromatic carbocycles. The molecule has 0 heteroatoms. The highest BCUT2D eigenvalue weighted by molar-refractivity contribution is 6.23. The smallest absolute Gasteiger partial charge is 0.00259 e. The lowest BCUT2D eigenvalue weighted by Gasteiger charge is -2.21. The summed E-state index contributed by atoms with van der Waals surface area (Å²) in [5.41, 5.74) is 14.6. The van der Waals surface area contributed by atoms with E-state index < -0.39 is 0 Å². The Morgan fingerprint density at radius 2 is 0.500 bits per heavy atom. The normalized spacial score (nSPS) is 11.6. The van der Waals surface area contributed by atoms with Crippen LogP contribution in [0, 0.1) is 0 Å². The van der Waals surface area contributed by atoms with E-state index >= 15 is 0 Å². The standard InChI is InChI=1S/C66H42/c1-3-17-47-37-51(31-29-43(47)13-1)49-21-9-23-55(39-49)65-61-35-33-54(60-28-12-20-46-16-6-8-26-58(46)60)42-64(61)66(56-24-10-22-50(40-56)52-32-30-44-14-2-4-18-48(44)38-52)62-36-34-53(41-63(62)65)59-27-11-19-45-15-5-7-25-57(45)59/h1-42H. The minimum atomic E-state index is 1.19. The molecule has 0 aliphatic carbocycles. The Labute approximate surface area is 384 Å². The van der Waals surface area contributed by atoms with E-state index in [9.17, 15) is 0 Å². The van der Waals surface area contributed by atoms with E-state index in [1.54, 1.807) is 0 Å². The summed E-state index contributed by atoms with van der Waals surface area (Å²) < 4.78 is 0. The van der Waals surface area contributed by atoms with Gasteiger partial charge in [-0.05, 0) is 168 Å². The molecule has 0 amide bonds. The van der Waals surface area contributed by atoms with E-state index in [0.717, 1.165) is 0 Å². The Morgan fingerprint density at radius 1 is 0.152 bits per heavy atom. The van der Waals surface area contributed by atoms with Crippen LogP contribution in [0.2, 0.25) is 0 Å². The van der Waals surface area contributed by atoms with Gasteiger partial charge in [-0.2, -0.15) is 0 Å². The van der Waals surface area contributed by atoms with Crippen molar-refractivity contribution in [2.24, 2.45) is 0 Å². The first kappa shape index (κ1) is 37.9. The van der Waals surface area contributed by atoms with E-state index in [2.05, 4.69) is 255 Å². The van der Waals surface area contributed by atoms with Gasteiger partial charge in [0.2, 0.25) is 0 Å². The first-order valence-corrected chi connectivity index (χ1v) is 22.9. The van der Waals surface area contributed by atoms with E-state index in [1.807, 2.05) is 0 Å². The highest BCUT2D eigenvalue weighted by atomic mass is 14.2. The van der Waals surface area contributed by atoms with Crippen molar-refractivity contribution in [3.05, 3.63) is 255 Å². The average molecular weight is 835 g/mol. The van der Waals surface area contributed by atoms with Crippen LogP contribution in [0.3, 0.4) is 0 Å². The summed E-state index contributed by atoms with van der Waals surface area (Å²) in [4.78, 5) is 0. The minimum absolute atomic E-state index is 1.19. The molecule has 13 aromatic rings. The van der Waals surface area contributed by atoms with Crippen LogP contribution in [0.25, 0.3) is 131 Å². The molecular formula is C66H42. The van der Waals surface area contributed by atoms with Crippen LogP contribution in [-0.2, 0) is 0 Å². The van der Waals surface area contributed by atoms with Crippen molar-refractivity contribution in [2.75, 3.05) is 0 Å². The molecule has 66 heavy (non-hydrogen) atoms. The molecule has 0 aliphatic heterocycles. The molecule has 0 atom stereocenters. The van der Waals surface area contributed by atoms with Crippen LogP contribution >= 0.6 is 0 Å². The highest BCUT2D eigenvalue weighted by Crippen LogP contribution is 2.48. The summed E-state index contributed by atoms with van der Waals surface area (Å²) in [5.74, 6) is 0. The van der Waals surface area contributed by atoms with Gasteiger partial charge in [0.05, 0.1) is 0 Å². The lowest BCUT2D eigenvalue weighted by molar-refractivity contribution is 1.61. The quantitative estimate of drug-likeness (QED) is 0.146. The van der Waals surface area contributed by atoms with E-state index in [-0.39, 0.29) is 0 Å². The molecule has 0 saturated heterocycles. The van der Waals surface area contributed by atoms with Crippen molar-refractivity contribution in [3.63, 3.8) is 0 Å². The van der Waals surface area contributed by atoms with E-state index in [0.29, 0.717) is 0 Å². The molecule has 0 spiro atoms. The Hall–Kier alpha value is -8.58. The van der Waals surface area contributed by atoms with Gasteiger partial charge in [0.15, 0.2) is 0 Å². The van der Waals surface area contributed by atoms with Gasteiger partial charge in [-0.15, -0.1) is 0 Å². The van der Waals surface area contributed by atoms with Gasteiger partial charge in [0.1, 0.15) is 0 Å². The van der Waals surface area contributed by atoms with Crippen LogP contribution in [-0.4, -0.2) is 0 Å².